The third-order valence-electron chi connectivity index (χ3n) is 3.94. The standard InChI is InChI=1S/C20H18Br2O4/c1-24-15-8-9-16-17(12-15)26-19(13-4-6-14(22)7-5-13)20(18(16)23)25-11-3-2-10-21/h4-9,12H,2-3,10-11H2,1H3. The van der Waals surface area contributed by atoms with Crippen molar-refractivity contribution in [2.75, 3.05) is 19.0 Å². The molecule has 0 saturated heterocycles. The lowest BCUT2D eigenvalue weighted by atomic mass is 10.1. The van der Waals surface area contributed by atoms with Crippen molar-refractivity contribution in [2.45, 2.75) is 12.8 Å². The van der Waals surface area contributed by atoms with E-state index < -0.39 is 0 Å². The van der Waals surface area contributed by atoms with Gasteiger partial charge in [0.15, 0.2) is 5.76 Å². The maximum Gasteiger partial charge on any atom is 0.235 e. The molecule has 0 aliphatic rings. The molecule has 0 amide bonds. The number of hydrogen-bond acceptors (Lipinski definition) is 4. The highest BCUT2D eigenvalue weighted by atomic mass is 79.9. The summed E-state index contributed by atoms with van der Waals surface area (Å²) in [6.07, 6.45) is 1.83. The number of rotatable bonds is 7. The molecule has 0 fully saturated rings. The van der Waals surface area contributed by atoms with Crippen molar-refractivity contribution < 1.29 is 13.9 Å². The molecule has 0 spiro atoms. The van der Waals surface area contributed by atoms with Crippen molar-refractivity contribution in [3.63, 3.8) is 0 Å². The lowest BCUT2D eigenvalue weighted by molar-refractivity contribution is 0.302. The maximum absolute atomic E-state index is 13.0. The van der Waals surface area contributed by atoms with Gasteiger partial charge in [-0.25, -0.2) is 0 Å². The van der Waals surface area contributed by atoms with Gasteiger partial charge < -0.3 is 13.9 Å². The van der Waals surface area contributed by atoms with Crippen molar-refractivity contribution in [1.82, 2.24) is 0 Å². The van der Waals surface area contributed by atoms with Gasteiger partial charge >= 0.3 is 0 Å². The van der Waals surface area contributed by atoms with E-state index in [-0.39, 0.29) is 11.2 Å². The first-order valence-corrected chi connectivity index (χ1v) is 10.1. The molecule has 26 heavy (non-hydrogen) atoms. The van der Waals surface area contributed by atoms with Crippen LogP contribution in [0, 0.1) is 0 Å². The number of fused-ring (bicyclic) bond motifs is 1. The summed E-state index contributed by atoms with van der Waals surface area (Å²) in [5, 5.41) is 1.38. The first-order chi connectivity index (χ1) is 12.6. The molecular weight excluding hydrogens is 464 g/mol. The molecule has 0 bridgehead atoms. The van der Waals surface area contributed by atoms with Gasteiger partial charge in [0.25, 0.3) is 0 Å². The molecule has 2 aromatic carbocycles. The van der Waals surface area contributed by atoms with Crippen LogP contribution < -0.4 is 14.9 Å². The second-order valence-electron chi connectivity index (χ2n) is 5.70. The average molecular weight is 482 g/mol. The van der Waals surface area contributed by atoms with Crippen LogP contribution in [0.2, 0.25) is 0 Å². The predicted octanol–water partition coefficient (Wildman–Crippen LogP) is 5.79. The van der Waals surface area contributed by atoms with Crippen LogP contribution in [0.1, 0.15) is 12.8 Å². The number of hydrogen-bond donors (Lipinski definition) is 0. The second kappa shape index (κ2) is 8.73. The third kappa shape index (κ3) is 4.13. The number of unbranched alkanes of at least 4 members (excludes halogenated alkanes) is 1. The number of ether oxygens (including phenoxy) is 2. The number of alkyl halides is 1. The Labute approximate surface area is 168 Å². The lowest BCUT2D eigenvalue weighted by Crippen LogP contribution is -2.11. The summed E-state index contributed by atoms with van der Waals surface area (Å²) in [5.41, 5.74) is 1.08. The molecular formula is C20H18Br2O4. The van der Waals surface area contributed by atoms with Crippen LogP contribution in [0.3, 0.4) is 0 Å². The summed E-state index contributed by atoms with van der Waals surface area (Å²) >= 11 is 6.83. The lowest BCUT2D eigenvalue weighted by Gasteiger charge is -2.12. The Morgan fingerprint density at radius 2 is 1.85 bits per heavy atom. The quantitative estimate of drug-likeness (QED) is 0.316. The molecule has 0 unspecified atom stereocenters. The van der Waals surface area contributed by atoms with Crippen molar-refractivity contribution in [3.05, 3.63) is 57.2 Å². The minimum atomic E-state index is -0.175. The molecule has 3 aromatic rings. The summed E-state index contributed by atoms with van der Waals surface area (Å²) in [6, 6.07) is 12.7. The van der Waals surface area contributed by atoms with Crippen molar-refractivity contribution >= 4 is 42.8 Å². The molecule has 0 saturated carbocycles. The summed E-state index contributed by atoms with van der Waals surface area (Å²) in [5.74, 6) is 1.31. The highest BCUT2D eigenvalue weighted by Crippen LogP contribution is 2.33. The van der Waals surface area contributed by atoms with Crippen LogP contribution in [0.15, 0.2) is 56.1 Å². The minimum absolute atomic E-state index is 0.175. The van der Waals surface area contributed by atoms with Crippen LogP contribution in [0.4, 0.5) is 0 Å². The van der Waals surface area contributed by atoms with Gasteiger partial charge in [0.1, 0.15) is 11.3 Å². The Hall–Kier alpha value is -1.79. The highest BCUT2D eigenvalue weighted by molar-refractivity contribution is 9.10. The molecule has 136 valence electrons. The largest absolute Gasteiger partial charge is 0.497 e. The zero-order valence-electron chi connectivity index (χ0n) is 14.3. The van der Waals surface area contributed by atoms with E-state index in [0.29, 0.717) is 29.1 Å². The van der Waals surface area contributed by atoms with E-state index in [1.54, 1.807) is 25.3 Å². The zero-order valence-corrected chi connectivity index (χ0v) is 17.4. The van der Waals surface area contributed by atoms with Gasteiger partial charge in [0.05, 0.1) is 19.1 Å². The molecule has 0 atom stereocenters. The van der Waals surface area contributed by atoms with Crippen molar-refractivity contribution in [3.8, 4) is 22.8 Å². The van der Waals surface area contributed by atoms with Gasteiger partial charge in [-0.15, -0.1) is 0 Å². The SMILES string of the molecule is COc1ccc2c(=O)c(OCCCCBr)c(-c3ccc(Br)cc3)oc2c1. The summed E-state index contributed by atoms with van der Waals surface area (Å²) < 4.78 is 18.1. The minimum Gasteiger partial charge on any atom is -0.497 e. The fraction of sp³-hybridized carbons (Fsp3) is 0.250. The molecule has 0 aliphatic heterocycles. The van der Waals surface area contributed by atoms with Gasteiger partial charge in [-0.2, -0.15) is 0 Å². The number of benzene rings is 2. The molecule has 0 radical (unpaired) electrons. The van der Waals surface area contributed by atoms with Gasteiger partial charge in [0.2, 0.25) is 11.2 Å². The Morgan fingerprint density at radius 3 is 2.54 bits per heavy atom. The van der Waals surface area contributed by atoms with E-state index in [1.807, 2.05) is 24.3 Å². The van der Waals surface area contributed by atoms with Crippen LogP contribution in [0.25, 0.3) is 22.3 Å². The van der Waals surface area contributed by atoms with Gasteiger partial charge in [-0.1, -0.05) is 31.9 Å². The van der Waals surface area contributed by atoms with Crippen LogP contribution in [-0.2, 0) is 0 Å². The Balaban J connectivity index is 2.13. The van der Waals surface area contributed by atoms with Crippen molar-refractivity contribution in [2.24, 2.45) is 0 Å². The molecule has 6 heteroatoms. The van der Waals surface area contributed by atoms with E-state index in [1.165, 1.54) is 0 Å². The topological polar surface area (TPSA) is 48.7 Å². The summed E-state index contributed by atoms with van der Waals surface area (Å²) in [4.78, 5) is 13.0. The number of halogens is 2. The van der Waals surface area contributed by atoms with E-state index in [0.717, 1.165) is 28.2 Å². The molecule has 0 N–H and O–H groups in total. The van der Waals surface area contributed by atoms with E-state index in [9.17, 15) is 4.79 Å². The third-order valence-corrected chi connectivity index (χ3v) is 5.03. The first kappa shape index (κ1) is 19.0. The molecule has 4 nitrogen and oxygen atoms in total. The van der Waals surface area contributed by atoms with Crippen LogP contribution >= 0.6 is 31.9 Å². The van der Waals surface area contributed by atoms with E-state index >= 15 is 0 Å². The van der Waals surface area contributed by atoms with E-state index in [2.05, 4.69) is 31.9 Å². The fourth-order valence-corrected chi connectivity index (χ4v) is 3.24. The Morgan fingerprint density at radius 1 is 1.08 bits per heavy atom. The monoisotopic (exact) mass is 480 g/mol. The molecule has 1 heterocycles. The number of methoxy groups -OCH3 is 1. The fourth-order valence-electron chi connectivity index (χ4n) is 2.58. The van der Waals surface area contributed by atoms with Crippen molar-refractivity contribution in [1.29, 1.82) is 0 Å². The Bertz CT molecular complexity index is 948. The maximum atomic E-state index is 13.0. The van der Waals surface area contributed by atoms with Crippen LogP contribution in [0.5, 0.6) is 11.5 Å². The van der Waals surface area contributed by atoms with Crippen LogP contribution in [-0.4, -0.2) is 19.0 Å². The summed E-state index contributed by atoms with van der Waals surface area (Å²) in [6.45, 7) is 0.460. The van der Waals surface area contributed by atoms with E-state index in [4.69, 9.17) is 13.9 Å². The summed E-state index contributed by atoms with van der Waals surface area (Å²) in [7, 11) is 1.58. The molecule has 3 rings (SSSR count). The highest BCUT2D eigenvalue weighted by Gasteiger charge is 2.18. The predicted molar refractivity (Wildman–Crippen MR) is 111 cm³/mol. The first-order valence-electron chi connectivity index (χ1n) is 8.23. The normalized spacial score (nSPS) is 10.9. The van der Waals surface area contributed by atoms with Gasteiger partial charge in [0, 0.05) is 21.4 Å². The van der Waals surface area contributed by atoms with Gasteiger partial charge in [-0.3, -0.25) is 4.79 Å². The smallest absolute Gasteiger partial charge is 0.235 e. The zero-order chi connectivity index (χ0) is 18.5. The molecule has 0 aliphatic carbocycles. The Kier molecular flexibility index (Phi) is 6.38. The van der Waals surface area contributed by atoms with Gasteiger partial charge in [-0.05, 0) is 49.2 Å². The average Bonchev–Trinajstić information content (AvgIpc) is 2.66. The second-order valence-corrected chi connectivity index (χ2v) is 7.41. The molecule has 1 aromatic heterocycles.